The maximum Gasteiger partial charge on any atom is 0.410 e. The Morgan fingerprint density at radius 1 is 1.00 bits per heavy atom. The summed E-state index contributed by atoms with van der Waals surface area (Å²) in [5.74, 6) is -1.72. The van der Waals surface area contributed by atoms with Crippen molar-refractivity contribution in [3.05, 3.63) is 71.8 Å². The van der Waals surface area contributed by atoms with Gasteiger partial charge in [-0.1, -0.05) is 60.7 Å². The van der Waals surface area contributed by atoms with Crippen molar-refractivity contribution in [2.24, 2.45) is 5.92 Å². The lowest BCUT2D eigenvalue weighted by Gasteiger charge is -2.37. The van der Waals surface area contributed by atoms with Gasteiger partial charge in [-0.3, -0.25) is 4.79 Å². The van der Waals surface area contributed by atoms with Gasteiger partial charge in [0.15, 0.2) is 6.04 Å². The summed E-state index contributed by atoms with van der Waals surface area (Å²) < 4.78 is 5.63. The number of carbonyl (C=O) groups is 3. The summed E-state index contributed by atoms with van der Waals surface area (Å²) in [5.41, 5.74) is 0.597. The predicted molar refractivity (Wildman–Crippen MR) is 136 cm³/mol. The number of nitrogens with zero attached hydrogens (tertiary/aromatic N) is 2. The first-order valence-corrected chi connectivity index (χ1v) is 12.5. The molecule has 200 valence electrons. The first-order chi connectivity index (χ1) is 17.6. The Balaban J connectivity index is 1.95. The van der Waals surface area contributed by atoms with Crippen LogP contribution >= 0.6 is 0 Å². The molecular weight excluding hydrogens is 476 g/mol. The number of benzene rings is 2. The number of carboxylic acids is 1. The van der Waals surface area contributed by atoms with Crippen LogP contribution in [-0.4, -0.2) is 69.5 Å². The zero-order valence-corrected chi connectivity index (χ0v) is 21.6. The van der Waals surface area contributed by atoms with Gasteiger partial charge in [-0.05, 0) is 50.7 Å². The highest BCUT2D eigenvalue weighted by Crippen LogP contribution is 2.32. The van der Waals surface area contributed by atoms with Crippen molar-refractivity contribution in [3.8, 4) is 0 Å². The average Bonchev–Trinajstić information content (AvgIpc) is 3.65. The van der Waals surface area contributed by atoms with Gasteiger partial charge in [0, 0.05) is 13.1 Å². The molecule has 0 aromatic heterocycles. The van der Waals surface area contributed by atoms with E-state index < -0.39 is 42.3 Å². The topological polar surface area (TPSA) is 117 Å². The second-order valence-corrected chi connectivity index (χ2v) is 10.3. The number of amides is 1. The molecule has 2 aromatic carbocycles. The van der Waals surface area contributed by atoms with Crippen LogP contribution in [0.2, 0.25) is 0 Å². The van der Waals surface area contributed by atoms with Crippen LogP contribution in [0.3, 0.4) is 0 Å². The van der Waals surface area contributed by atoms with Crippen LogP contribution in [0.4, 0.5) is 4.79 Å². The Labute approximate surface area is 217 Å². The van der Waals surface area contributed by atoms with E-state index in [1.807, 2.05) is 12.1 Å². The van der Waals surface area contributed by atoms with Gasteiger partial charge in [0.25, 0.3) is 0 Å². The minimum Gasteiger partial charge on any atom is -0.480 e. The van der Waals surface area contributed by atoms with Crippen LogP contribution in [0.15, 0.2) is 60.7 Å². The van der Waals surface area contributed by atoms with Crippen molar-refractivity contribution in [2.45, 2.75) is 57.7 Å². The molecule has 9 heteroatoms. The number of carbonyl (C=O) groups excluding carboxylic acids is 2. The number of aliphatic hydroxyl groups is 1. The van der Waals surface area contributed by atoms with Crippen LogP contribution in [0, 0.1) is 5.92 Å². The Bertz CT molecular complexity index is 1040. The molecule has 0 saturated heterocycles. The second-order valence-electron chi connectivity index (χ2n) is 10.3. The number of ether oxygens (including phenoxy) is 1. The molecule has 0 spiro atoms. The van der Waals surface area contributed by atoms with E-state index in [1.54, 1.807) is 69.3 Å². The largest absolute Gasteiger partial charge is 0.480 e. The number of aliphatic carboxylic acids is 1. The van der Waals surface area contributed by atoms with Gasteiger partial charge >= 0.3 is 18.0 Å². The zero-order chi connectivity index (χ0) is 27.0. The molecule has 1 fully saturated rings. The van der Waals surface area contributed by atoms with E-state index in [0.29, 0.717) is 23.6 Å². The maximum absolute atomic E-state index is 13.2. The van der Waals surface area contributed by atoms with Crippen LogP contribution in [0.1, 0.15) is 50.8 Å². The molecule has 3 rings (SSSR count). The monoisotopic (exact) mass is 512 g/mol. The van der Waals surface area contributed by atoms with Crippen molar-refractivity contribution >= 4 is 18.0 Å². The molecule has 0 radical (unpaired) electrons. The van der Waals surface area contributed by atoms with Gasteiger partial charge in [0.05, 0.1) is 19.1 Å². The van der Waals surface area contributed by atoms with Gasteiger partial charge in [-0.15, -0.1) is 5.06 Å². The van der Waals surface area contributed by atoms with E-state index in [1.165, 1.54) is 4.90 Å². The molecule has 0 bridgehead atoms. The number of rotatable bonds is 12. The molecule has 2 N–H and O–H groups in total. The molecule has 1 saturated carbocycles. The Morgan fingerprint density at radius 2 is 1.59 bits per heavy atom. The smallest absolute Gasteiger partial charge is 0.410 e. The molecule has 1 aliphatic rings. The highest BCUT2D eigenvalue weighted by Gasteiger charge is 2.39. The number of hydrogen-bond donors (Lipinski definition) is 2. The third kappa shape index (κ3) is 8.87. The van der Waals surface area contributed by atoms with E-state index >= 15 is 0 Å². The van der Waals surface area contributed by atoms with E-state index in [9.17, 15) is 24.6 Å². The summed E-state index contributed by atoms with van der Waals surface area (Å²) in [6, 6.07) is 15.4. The van der Waals surface area contributed by atoms with Crippen molar-refractivity contribution in [1.29, 1.82) is 0 Å². The van der Waals surface area contributed by atoms with E-state index in [4.69, 9.17) is 9.57 Å². The standard InChI is InChI=1S/C28H36N2O7/c1-28(2,3)36-27(35)29(17-21-14-15-21)18-23(22-12-8-5-9-13-22)30(24(19-31)26(33)34)37-25(32)16-20-10-6-4-7-11-20/h4-13,21,23-24,31H,14-19H2,1-3H3,(H,33,34)/t23-,24-/m1/s1. The lowest BCUT2D eigenvalue weighted by Crippen LogP contribution is -2.51. The molecule has 1 aliphatic carbocycles. The predicted octanol–water partition coefficient (Wildman–Crippen LogP) is 3.82. The van der Waals surface area contributed by atoms with Crippen LogP contribution < -0.4 is 0 Å². The summed E-state index contributed by atoms with van der Waals surface area (Å²) >= 11 is 0. The fraction of sp³-hybridized carbons (Fsp3) is 0.464. The maximum atomic E-state index is 13.2. The fourth-order valence-corrected chi connectivity index (χ4v) is 3.90. The minimum absolute atomic E-state index is 0.00216. The van der Waals surface area contributed by atoms with Gasteiger partial charge < -0.3 is 24.7 Å². The third-order valence-corrected chi connectivity index (χ3v) is 5.88. The fourth-order valence-electron chi connectivity index (χ4n) is 3.90. The number of hydrogen-bond acceptors (Lipinski definition) is 7. The summed E-state index contributed by atoms with van der Waals surface area (Å²) in [7, 11) is 0. The normalized spacial score (nSPS) is 15.1. The van der Waals surface area contributed by atoms with Gasteiger partial charge in [-0.2, -0.15) is 0 Å². The molecule has 2 atom stereocenters. The molecule has 2 aromatic rings. The van der Waals surface area contributed by atoms with E-state index in [2.05, 4.69) is 0 Å². The molecule has 9 nitrogen and oxygen atoms in total. The van der Waals surface area contributed by atoms with Crippen LogP contribution in [-0.2, 0) is 25.6 Å². The summed E-state index contributed by atoms with van der Waals surface area (Å²) in [4.78, 5) is 45.5. The Morgan fingerprint density at radius 3 is 2.11 bits per heavy atom. The number of carboxylic acid groups (broad SMARTS) is 1. The average molecular weight is 513 g/mol. The molecule has 1 amide bonds. The van der Waals surface area contributed by atoms with Crippen molar-refractivity contribution in [1.82, 2.24) is 9.96 Å². The number of hydroxylamine groups is 2. The first-order valence-electron chi connectivity index (χ1n) is 12.5. The first kappa shape index (κ1) is 28.1. The van der Waals surface area contributed by atoms with E-state index in [0.717, 1.165) is 17.9 Å². The summed E-state index contributed by atoms with van der Waals surface area (Å²) in [6.07, 6.45) is 1.35. The minimum atomic E-state index is -1.55. The van der Waals surface area contributed by atoms with Gasteiger partial charge in [0.1, 0.15) is 5.60 Å². The lowest BCUT2D eigenvalue weighted by atomic mass is 10.0. The molecular formula is C28H36N2O7. The Kier molecular flexibility index (Phi) is 9.66. The highest BCUT2D eigenvalue weighted by molar-refractivity contribution is 5.75. The molecule has 0 unspecified atom stereocenters. The summed E-state index contributed by atoms with van der Waals surface area (Å²) in [5, 5.41) is 20.9. The van der Waals surface area contributed by atoms with Crippen LogP contribution in [0.5, 0.6) is 0 Å². The van der Waals surface area contributed by atoms with Crippen molar-refractivity contribution in [2.75, 3.05) is 19.7 Å². The SMILES string of the molecule is CC(C)(C)OC(=O)N(CC1CC1)C[C@H](c1ccccc1)N(OC(=O)Cc1ccccc1)[C@H](CO)C(=O)O. The van der Waals surface area contributed by atoms with Gasteiger partial charge in [-0.25, -0.2) is 9.59 Å². The summed E-state index contributed by atoms with van der Waals surface area (Å²) in [6.45, 7) is 4.96. The van der Waals surface area contributed by atoms with Crippen LogP contribution in [0.25, 0.3) is 0 Å². The number of aliphatic hydroxyl groups excluding tert-OH is 1. The molecule has 0 heterocycles. The third-order valence-electron chi connectivity index (χ3n) is 5.88. The van der Waals surface area contributed by atoms with Crippen molar-refractivity contribution < 1.29 is 34.2 Å². The van der Waals surface area contributed by atoms with E-state index in [-0.39, 0.29) is 13.0 Å². The quantitative estimate of drug-likeness (QED) is 0.412. The molecule has 0 aliphatic heterocycles. The Hall–Kier alpha value is -3.43. The zero-order valence-electron chi connectivity index (χ0n) is 21.6. The molecule has 37 heavy (non-hydrogen) atoms. The second kappa shape index (κ2) is 12.7. The van der Waals surface area contributed by atoms with Crippen molar-refractivity contribution in [3.63, 3.8) is 0 Å². The highest BCUT2D eigenvalue weighted by atomic mass is 16.7. The lowest BCUT2D eigenvalue weighted by molar-refractivity contribution is -0.225. The van der Waals surface area contributed by atoms with Gasteiger partial charge in [0.2, 0.25) is 0 Å².